The second-order valence-electron chi connectivity index (χ2n) is 4.87. The van der Waals surface area contributed by atoms with Crippen molar-refractivity contribution in [3.8, 4) is 0 Å². The van der Waals surface area contributed by atoms with Gasteiger partial charge >= 0.3 is 13.7 Å². The molecule has 1 saturated heterocycles. The molecule has 0 aromatic heterocycles. The van der Waals surface area contributed by atoms with Crippen LogP contribution in [0.2, 0.25) is 0 Å². The van der Waals surface area contributed by atoms with Crippen molar-refractivity contribution in [2.24, 2.45) is 0 Å². The van der Waals surface area contributed by atoms with Gasteiger partial charge in [-0.1, -0.05) is 30.3 Å². The van der Waals surface area contributed by atoms with Crippen molar-refractivity contribution < 1.29 is 27.9 Å². The molecule has 1 aromatic rings. The Morgan fingerprint density at radius 1 is 1.26 bits per heavy atom. The number of benzene rings is 1. The van der Waals surface area contributed by atoms with Gasteiger partial charge in [0.1, 0.15) is 18.8 Å². The molecule has 1 heterocycles. The van der Waals surface area contributed by atoms with E-state index in [0.717, 1.165) is 10.5 Å². The lowest BCUT2D eigenvalue weighted by atomic mass is 10.1. The molecule has 0 bridgehead atoms. The summed E-state index contributed by atoms with van der Waals surface area (Å²) in [6, 6.07) is 8.53. The SMILES string of the molecule is CCOP(=O)(CC(=O)N1C(=O)OC[C@@H]1c1ccccc1)OCC. The molecular formula is C15H20NO6P. The van der Waals surface area contributed by atoms with E-state index >= 15 is 0 Å². The molecule has 0 N–H and O–H groups in total. The Morgan fingerprint density at radius 2 is 1.87 bits per heavy atom. The highest BCUT2D eigenvalue weighted by Crippen LogP contribution is 2.48. The number of carbonyl (C=O) groups is 2. The summed E-state index contributed by atoms with van der Waals surface area (Å²) in [6.07, 6.45) is -1.24. The highest BCUT2D eigenvalue weighted by Gasteiger charge is 2.42. The minimum absolute atomic E-state index is 0.0716. The van der Waals surface area contributed by atoms with Gasteiger partial charge in [-0.25, -0.2) is 9.69 Å². The predicted octanol–water partition coefficient (Wildman–Crippen LogP) is 2.97. The molecule has 7 nitrogen and oxygen atoms in total. The highest BCUT2D eigenvalue weighted by atomic mass is 31.2. The lowest BCUT2D eigenvalue weighted by Crippen LogP contribution is -2.36. The molecule has 1 aromatic carbocycles. The van der Waals surface area contributed by atoms with Gasteiger partial charge in [-0.05, 0) is 19.4 Å². The summed E-state index contributed by atoms with van der Waals surface area (Å²) in [5.74, 6) is -0.633. The van der Waals surface area contributed by atoms with Gasteiger partial charge < -0.3 is 13.8 Å². The van der Waals surface area contributed by atoms with E-state index in [1.165, 1.54) is 0 Å². The summed E-state index contributed by atoms with van der Waals surface area (Å²) in [4.78, 5) is 25.4. The van der Waals surface area contributed by atoms with E-state index < -0.39 is 31.8 Å². The molecule has 1 fully saturated rings. The van der Waals surface area contributed by atoms with Crippen molar-refractivity contribution in [3.05, 3.63) is 35.9 Å². The number of cyclic esters (lactones) is 1. The van der Waals surface area contributed by atoms with E-state index in [9.17, 15) is 14.2 Å². The van der Waals surface area contributed by atoms with E-state index in [4.69, 9.17) is 13.8 Å². The summed E-state index contributed by atoms with van der Waals surface area (Å²) in [7, 11) is -3.57. The van der Waals surface area contributed by atoms with Crippen LogP contribution in [-0.4, -0.2) is 42.9 Å². The summed E-state index contributed by atoms with van der Waals surface area (Å²) in [6.45, 7) is 3.69. The number of imide groups is 1. The van der Waals surface area contributed by atoms with Crippen LogP contribution >= 0.6 is 7.60 Å². The van der Waals surface area contributed by atoms with Crippen LogP contribution in [0.4, 0.5) is 4.79 Å². The fourth-order valence-corrected chi connectivity index (χ4v) is 3.91. The molecule has 1 atom stereocenters. The van der Waals surface area contributed by atoms with Crippen LogP contribution in [0.15, 0.2) is 30.3 Å². The number of hydrogen-bond donors (Lipinski definition) is 0. The van der Waals surface area contributed by atoms with Crippen LogP contribution in [0.25, 0.3) is 0 Å². The number of carbonyl (C=O) groups excluding carboxylic acids is 2. The zero-order valence-corrected chi connectivity index (χ0v) is 14.0. The minimum atomic E-state index is -3.57. The molecule has 1 aliphatic rings. The molecule has 0 unspecified atom stereocenters. The quantitative estimate of drug-likeness (QED) is 0.709. The van der Waals surface area contributed by atoms with Crippen LogP contribution in [0.5, 0.6) is 0 Å². The van der Waals surface area contributed by atoms with Crippen molar-refractivity contribution in [2.75, 3.05) is 26.0 Å². The second-order valence-corrected chi connectivity index (χ2v) is 6.93. The molecule has 0 spiro atoms. The molecule has 0 aliphatic carbocycles. The first kappa shape index (κ1) is 17.7. The van der Waals surface area contributed by atoms with Gasteiger partial charge in [0.25, 0.3) is 0 Å². The zero-order valence-electron chi connectivity index (χ0n) is 13.1. The van der Waals surface area contributed by atoms with Gasteiger partial charge in [0.15, 0.2) is 0 Å². The van der Waals surface area contributed by atoms with Crippen molar-refractivity contribution in [2.45, 2.75) is 19.9 Å². The third-order valence-corrected chi connectivity index (χ3v) is 5.27. The number of amides is 2. The molecule has 2 rings (SSSR count). The largest absolute Gasteiger partial charge is 0.446 e. The number of rotatable bonds is 7. The lowest BCUT2D eigenvalue weighted by Gasteiger charge is -2.22. The monoisotopic (exact) mass is 341 g/mol. The van der Waals surface area contributed by atoms with Gasteiger partial charge in [-0.2, -0.15) is 0 Å². The van der Waals surface area contributed by atoms with E-state index in [1.807, 2.05) is 18.2 Å². The van der Waals surface area contributed by atoms with Gasteiger partial charge in [0, 0.05) is 0 Å². The van der Waals surface area contributed by atoms with Gasteiger partial charge in [0.05, 0.1) is 13.2 Å². The Balaban J connectivity index is 2.18. The molecule has 0 radical (unpaired) electrons. The Morgan fingerprint density at radius 3 is 2.43 bits per heavy atom. The average molecular weight is 341 g/mol. The first-order valence-electron chi connectivity index (χ1n) is 7.42. The molecule has 23 heavy (non-hydrogen) atoms. The maximum atomic E-state index is 12.5. The Bertz CT molecular complexity index is 595. The van der Waals surface area contributed by atoms with Crippen LogP contribution in [0.3, 0.4) is 0 Å². The number of hydrogen-bond acceptors (Lipinski definition) is 6. The second kappa shape index (κ2) is 7.73. The molecule has 0 saturated carbocycles. The Kier molecular flexibility index (Phi) is 5.93. The van der Waals surface area contributed by atoms with E-state index in [1.54, 1.807) is 26.0 Å². The summed E-state index contributed by atoms with van der Waals surface area (Å²) < 4.78 is 27.7. The van der Waals surface area contributed by atoms with Crippen LogP contribution in [0, 0.1) is 0 Å². The zero-order chi connectivity index (χ0) is 16.9. The van der Waals surface area contributed by atoms with E-state index in [-0.39, 0.29) is 19.8 Å². The Labute approximate surface area is 135 Å². The maximum Gasteiger partial charge on any atom is 0.417 e. The van der Waals surface area contributed by atoms with Crippen molar-refractivity contribution in [3.63, 3.8) is 0 Å². The van der Waals surface area contributed by atoms with Gasteiger partial charge in [-0.15, -0.1) is 0 Å². The maximum absolute atomic E-state index is 12.5. The Hall–Kier alpha value is -1.69. The van der Waals surface area contributed by atoms with Crippen molar-refractivity contribution in [1.82, 2.24) is 4.90 Å². The van der Waals surface area contributed by atoms with E-state index in [0.29, 0.717) is 0 Å². The van der Waals surface area contributed by atoms with Crippen LogP contribution in [0.1, 0.15) is 25.5 Å². The number of ether oxygens (including phenoxy) is 1. The summed E-state index contributed by atoms with van der Waals surface area (Å²) in [5.41, 5.74) is 0.773. The number of nitrogens with zero attached hydrogens (tertiary/aromatic N) is 1. The summed E-state index contributed by atoms with van der Waals surface area (Å²) >= 11 is 0. The topological polar surface area (TPSA) is 82.1 Å². The molecular weight excluding hydrogens is 321 g/mol. The van der Waals surface area contributed by atoms with Gasteiger partial charge in [0.2, 0.25) is 5.91 Å². The third kappa shape index (κ3) is 4.19. The molecule has 1 aliphatic heterocycles. The standard InChI is InChI=1S/C15H20NO6P/c1-3-21-23(19,22-4-2)11-14(17)16-13(10-20-15(16)18)12-8-6-5-7-9-12/h5-9,13H,3-4,10-11H2,1-2H3/t13-/m1/s1. The van der Waals surface area contributed by atoms with Gasteiger partial charge in [-0.3, -0.25) is 9.36 Å². The summed E-state index contributed by atoms with van der Waals surface area (Å²) in [5, 5.41) is 0. The molecule has 126 valence electrons. The van der Waals surface area contributed by atoms with Crippen molar-refractivity contribution >= 4 is 19.6 Å². The first-order chi connectivity index (χ1) is 11.0. The third-order valence-electron chi connectivity index (χ3n) is 3.31. The first-order valence-corrected chi connectivity index (χ1v) is 9.15. The fraction of sp³-hybridized carbons (Fsp3) is 0.467. The van der Waals surface area contributed by atoms with Crippen LogP contribution in [-0.2, 0) is 23.1 Å². The van der Waals surface area contributed by atoms with Crippen LogP contribution < -0.4 is 0 Å². The van der Waals surface area contributed by atoms with E-state index in [2.05, 4.69) is 0 Å². The molecule has 8 heteroatoms. The minimum Gasteiger partial charge on any atom is -0.446 e. The predicted molar refractivity (Wildman–Crippen MR) is 83.1 cm³/mol. The highest BCUT2D eigenvalue weighted by molar-refractivity contribution is 7.54. The average Bonchev–Trinajstić information content (AvgIpc) is 2.90. The lowest BCUT2D eigenvalue weighted by molar-refractivity contribution is -0.126. The normalized spacial score (nSPS) is 18.1. The molecule has 2 amide bonds. The fourth-order valence-electron chi connectivity index (χ4n) is 2.38. The smallest absolute Gasteiger partial charge is 0.417 e. The van der Waals surface area contributed by atoms with Crippen molar-refractivity contribution in [1.29, 1.82) is 0 Å².